The van der Waals surface area contributed by atoms with Crippen molar-refractivity contribution in [3.8, 4) is 0 Å². The molecule has 0 radical (unpaired) electrons. The van der Waals surface area contributed by atoms with Crippen molar-refractivity contribution >= 4 is 29.0 Å². The molecule has 0 unspecified atom stereocenters. The first-order chi connectivity index (χ1) is 6.33. The summed E-state index contributed by atoms with van der Waals surface area (Å²) >= 11 is 7.27. The minimum absolute atomic E-state index is 0.506. The number of thiophene rings is 1. The van der Waals surface area contributed by atoms with E-state index in [0.29, 0.717) is 6.54 Å². The zero-order valence-corrected chi connectivity index (χ0v) is 8.42. The molecular weight excluding hydrogens is 206 g/mol. The molecule has 1 heterocycles. The van der Waals surface area contributed by atoms with Crippen LogP contribution < -0.4 is 0 Å². The van der Waals surface area contributed by atoms with E-state index in [2.05, 4.69) is 10.0 Å². The Hall–Kier alpha value is -0.960. The quantitative estimate of drug-likeness (QED) is 0.313. The van der Waals surface area contributed by atoms with Crippen LogP contribution in [-0.4, -0.2) is 6.54 Å². The highest BCUT2D eigenvalue weighted by molar-refractivity contribution is 7.16. The normalized spacial score (nSPS) is 10.2. The number of hydrogen-bond donors (Lipinski definition) is 0. The topological polar surface area (TPSA) is 48.8 Å². The maximum Gasteiger partial charge on any atom is 0.0934 e. The first-order valence-corrected chi connectivity index (χ1v) is 4.95. The second-order valence-electron chi connectivity index (χ2n) is 2.29. The molecule has 3 nitrogen and oxygen atoms in total. The summed E-state index contributed by atoms with van der Waals surface area (Å²) in [5.74, 6) is 0. The highest BCUT2D eigenvalue weighted by Gasteiger charge is 1.91. The first kappa shape index (κ1) is 10.1. The van der Waals surface area contributed by atoms with Crippen LogP contribution in [0.15, 0.2) is 23.3 Å². The maximum absolute atomic E-state index is 8.00. The fraction of sp³-hybridized carbons (Fsp3) is 0.250. The van der Waals surface area contributed by atoms with Crippen molar-refractivity contribution in [2.24, 2.45) is 5.11 Å². The third kappa shape index (κ3) is 3.99. The van der Waals surface area contributed by atoms with E-state index in [1.165, 1.54) is 11.3 Å². The average Bonchev–Trinajstić information content (AvgIpc) is 2.51. The van der Waals surface area contributed by atoms with Gasteiger partial charge < -0.3 is 0 Å². The van der Waals surface area contributed by atoms with E-state index in [4.69, 9.17) is 17.1 Å². The van der Waals surface area contributed by atoms with E-state index in [1.807, 2.05) is 24.3 Å². The van der Waals surface area contributed by atoms with Crippen LogP contribution in [0.2, 0.25) is 4.34 Å². The Morgan fingerprint density at radius 1 is 1.62 bits per heavy atom. The molecule has 0 aromatic carbocycles. The van der Waals surface area contributed by atoms with Gasteiger partial charge in [0.05, 0.1) is 4.34 Å². The molecule has 1 rings (SSSR count). The van der Waals surface area contributed by atoms with E-state index in [-0.39, 0.29) is 0 Å². The Balaban J connectivity index is 2.36. The Morgan fingerprint density at radius 3 is 3.08 bits per heavy atom. The summed E-state index contributed by atoms with van der Waals surface area (Å²) in [6, 6.07) is 3.82. The van der Waals surface area contributed by atoms with Crippen molar-refractivity contribution < 1.29 is 0 Å². The lowest BCUT2D eigenvalue weighted by Gasteiger charge is -1.83. The maximum atomic E-state index is 8.00. The second kappa shape index (κ2) is 5.65. The lowest BCUT2D eigenvalue weighted by molar-refractivity contribution is 0.996. The number of halogens is 1. The minimum atomic E-state index is 0.506. The van der Waals surface area contributed by atoms with E-state index < -0.39 is 0 Å². The first-order valence-electron chi connectivity index (χ1n) is 3.75. The Bertz CT molecular complexity index is 339. The summed E-state index contributed by atoms with van der Waals surface area (Å²) < 4.78 is 0.787. The fourth-order valence-corrected chi connectivity index (χ4v) is 1.79. The summed E-state index contributed by atoms with van der Waals surface area (Å²) in [5, 5.41) is 3.41. The van der Waals surface area contributed by atoms with E-state index in [9.17, 15) is 0 Å². The summed E-state index contributed by atoms with van der Waals surface area (Å²) in [4.78, 5) is 3.77. The van der Waals surface area contributed by atoms with E-state index in [1.54, 1.807) is 0 Å². The van der Waals surface area contributed by atoms with Crippen LogP contribution in [0.3, 0.4) is 0 Å². The van der Waals surface area contributed by atoms with Crippen molar-refractivity contribution in [3.63, 3.8) is 0 Å². The fourth-order valence-electron chi connectivity index (χ4n) is 0.794. The van der Waals surface area contributed by atoms with Gasteiger partial charge in [0.25, 0.3) is 0 Å². The standard InChI is InChI=1S/C8H8ClN3S/c9-8-5-4-7(13-8)3-1-2-6-11-12-10/h1,3-5H,2,6H2. The summed E-state index contributed by atoms with van der Waals surface area (Å²) in [6.07, 6.45) is 4.71. The van der Waals surface area contributed by atoms with Gasteiger partial charge >= 0.3 is 0 Å². The molecule has 0 fully saturated rings. The van der Waals surface area contributed by atoms with Crippen LogP contribution in [-0.2, 0) is 0 Å². The SMILES string of the molecule is [N-]=[N+]=NCCC=Cc1ccc(Cl)s1. The summed E-state index contributed by atoms with van der Waals surface area (Å²) in [6.45, 7) is 0.506. The molecule has 0 spiro atoms. The van der Waals surface area contributed by atoms with Crippen molar-refractivity contribution in [2.45, 2.75) is 6.42 Å². The molecule has 13 heavy (non-hydrogen) atoms. The van der Waals surface area contributed by atoms with Crippen molar-refractivity contribution in [1.82, 2.24) is 0 Å². The van der Waals surface area contributed by atoms with Crippen LogP contribution >= 0.6 is 22.9 Å². The van der Waals surface area contributed by atoms with Crippen LogP contribution in [0.1, 0.15) is 11.3 Å². The Labute approximate surface area is 85.3 Å². The van der Waals surface area contributed by atoms with Crippen LogP contribution in [0, 0.1) is 0 Å². The van der Waals surface area contributed by atoms with Gasteiger partial charge in [-0.15, -0.1) is 11.3 Å². The zero-order chi connectivity index (χ0) is 9.52. The lowest BCUT2D eigenvalue weighted by Crippen LogP contribution is -1.71. The van der Waals surface area contributed by atoms with Crippen LogP contribution in [0.5, 0.6) is 0 Å². The second-order valence-corrected chi connectivity index (χ2v) is 4.03. The summed E-state index contributed by atoms with van der Waals surface area (Å²) in [7, 11) is 0. The number of hydrogen-bond acceptors (Lipinski definition) is 2. The highest BCUT2D eigenvalue weighted by atomic mass is 35.5. The van der Waals surface area contributed by atoms with Crippen molar-refractivity contribution in [3.05, 3.63) is 37.9 Å². The van der Waals surface area contributed by atoms with Crippen molar-refractivity contribution in [1.29, 1.82) is 0 Å². The summed E-state index contributed by atoms with van der Waals surface area (Å²) in [5.41, 5.74) is 8.00. The van der Waals surface area contributed by atoms with E-state index in [0.717, 1.165) is 15.6 Å². The molecule has 0 aliphatic heterocycles. The van der Waals surface area contributed by atoms with E-state index >= 15 is 0 Å². The number of rotatable bonds is 4. The molecule has 5 heteroatoms. The van der Waals surface area contributed by atoms with Gasteiger partial charge in [-0.3, -0.25) is 0 Å². The van der Waals surface area contributed by atoms with Gasteiger partial charge in [-0.05, 0) is 30.2 Å². The van der Waals surface area contributed by atoms with Gasteiger partial charge in [-0.25, -0.2) is 0 Å². The van der Waals surface area contributed by atoms with Crippen LogP contribution in [0.4, 0.5) is 0 Å². The average molecular weight is 214 g/mol. The molecule has 0 bridgehead atoms. The molecule has 0 atom stereocenters. The predicted octanol–water partition coefficient (Wildman–Crippen LogP) is 4.12. The van der Waals surface area contributed by atoms with Gasteiger partial charge in [0.1, 0.15) is 0 Å². The van der Waals surface area contributed by atoms with Crippen molar-refractivity contribution in [2.75, 3.05) is 6.54 Å². The third-order valence-corrected chi connectivity index (χ3v) is 2.53. The largest absolute Gasteiger partial charge is 0.124 e. The molecule has 0 aliphatic rings. The lowest BCUT2D eigenvalue weighted by atomic mass is 10.3. The monoisotopic (exact) mass is 213 g/mol. The van der Waals surface area contributed by atoms with Gasteiger partial charge in [-0.2, -0.15) is 0 Å². The number of azide groups is 1. The molecule has 0 saturated heterocycles. The highest BCUT2D eigenvalue weighted by Crippen LogP contribution is 2.22. The molecule has 1 aromatic rings. The van der Waals surface area contributed by atoms with Crippen LogP contribution in [0.25, 0.3) is 16.5 Å². The molecule has 0 saturated carbocycles. The van der Waals surface area contributed by atoms with Gasteiger partial charge in [0.2, 0.25) is 0 Å². The molecule has 0 amide bonds. The minimum Gasteiger partial charge on any atom is -0.124 e. The zero-order valence-electron chi connectivity index (χ0n) is 6.85. The third-order valence-electron chi connectivity index (χ3n) is 1.34. The molecule has 0 aliphatic carbocycles. The van der Waals surface area contributed by atoms with Gasteiger partial charge in [0, 0.05) is 16.3 Å². The molecule has 0 N–H and O–H groups in total. The Kier molecular flexibility index (Phi) is 4.40. The van der Waals surface area contributed by atoms with Gasteiger partial charge in [0.15, 0.2) is 0 Å². The molecule has 1 aromatic heterocycles. The molecular formula is C8H8ClN3S. The Morgan fingerprint density at radius 2 is 2.46 bits per heavy atom. The predicted molar refractivity (Wildman–Crippen MR) is 57.0 cm³/mol. The number of nitrogens with zero attached hydrogens (tertiary/aromatic N) is 3. The molecule has 68 valence electrons. The smallest absolute Gasteiger partial charge is 0.0934 e. The van der Waals surface area contributed by atoms with Gasteiger partial charge in [-0.1, -0.05) is 22.8 Å².